The molecule has 5 nitrogen and oxygen atoms in total. The van der Waals surface area contributed by atoms with E-state index in [1.54, 1.807) is 7.11 Å². The van der Waals surface area contributed by atoms with Crippen LogP contribution in [0.2, 0.25) is 0 Å². The number of methoxy groups -OCH3 is 1. The molecule has 1 saturated carbocycles. The molecule has 0 bridgehead atoms. The number of carbonyl (C=O) groups excluding carboxylic acids is 1. The third-order valence-corrected chi connectivity index (χ3v) is 4.95. The predicted molar refractivity (Wildman–Crippen MR) is 94.1 cm³/mol. The lowest BCUT2D eigenvalue weighted by atomic mass is 9.75. The fraction of sp³-hybridized carbons (Fsp3) is 0.611. The van der Waals surface area contributed by atoms with E-state index in [0.29, 0.717) is 23.9 Å². The number of urea groups is 1. The fourth-order valence-electron chi connectivity index (χ4n) is 3.52. The van der Waals surface area contributed by atoms with E-state index in [0.717, 1.165) is 12.8 Å². The van der Waals surface area contributed by atoms with E-state index in [2.05, 4.69) is 36.6 Å². The molecule has 2 rings (SSSR count). The number of anilines is 1. The number of hydrogen-bond acceptors (Lipinski definition) is 3. The third-order valence-electron chi connectivity index (χ3n) is 4.95. The molecule has 1 aromatic rings. The number of para-hydroxylation sites is 2. The van der Waals surface area contributed by atoms with Crippen molar-refractivity contribution < 1.29 is 9.53 Å². The van der Waals surface area contributed by atoms with Crippen LogP contribution >= 0.6 is 0 Å². The summed E-state index contributed by atoms with van der Waals surface area (Å²) in [6.45, 7) is 2.96. The number of nitrogens with zero attached hydrogens (tertiary/aromatic N) is 1. The first-order valence-corrected chi connectivity index (χ1v) is 8.32. The summed E-state index contributed by atoms with van der Waals surface area (Å²) in [4.78, 5) is 14.5. The summed E-state index contributed by atoms with van der Waals surface area (Å²) in [5, 5.41) is 5.92. The second-order valence-corrected chi connectivity index (χ2v) is 6.83. The van der Waals surface area contributed by atoms with Crippen LogP contribution in [0.5, 0.6) is 5.75 Å². The topological polar surface area (TPSA) is 53.6 Å². The normalized spacial score (nSPS) is 24.3. The maximum absolute atomic E-state index is 12.3. The van der Waals surface area contributed by atoms with Crippen molar-refractivity contribution in [2.24, 2.45) is 5.92 Å². The molecule has 0 aliphatic heterocycles. The molecule has 1 aromatic carbocycles. The molecule has 1 aliphatic rings. The van der Waals surface area contributed by atoms with E-state index in [1.807, 2.05) is 24.3 Å². The zero-order valence-corrected chi connectivity index (χ0v) is 14.7. The highest BCUT2D eigenvalue weighted by Gasteiger charge is 2.37. The van der Waals surface area contributed by atoms with E-state index in [9.17, 15) is 4.79 Å². The number of benzene rings is 1. The van der Waals surface area contributed by atoms with Crippen molar-refractivity contribution in [2.75, 3.05) is 33.1 Å². The summed E-state index contributed by atoms with van der Waals surface area (Å²) >= 11 is 0. The monoisotopic (exact) mass is 319 g/mol. The molecule has 0 saturated heterocycles. The molecule has 23 heavy (non-hydrogen) atoms. The van der Waals surface area contributed by atoms with Gasteiger partial charge in [-0.15, -0.1) is 0 Å². The number of rotatable bonds is 5. The Morgan fingerprint density at radius 3 is 2.78 bits per heavy atom. The van der Waals surface area contributed by atoms with Gasteiger partial charge >= 0.3 is 6.03 Å². The zero-order chi connectivity index (χ0) is 16.9. The lowest BCUT2D eigenvalue weighted by Gasteiger charge is -2.45. The minimum absolute atomic E-state index is 0.0514. The number of amides is 2. The van der Waals surface area contributed by atoms with Gasteiger partial charge in [0.1, 0.15) is 5.75 Å². The molecule has 0 spiro atoms. The average Bonchev–Trinajstić information content (AvgIpc) is 2.53. The second kappa shape index (κ2) is 7.68. The number of hydrogen-bond donors (Lipinski definition) is 2. The van der Waals surface area contributed by atoms with Crippen LogP contribution in [0.15, 0.2) is 24.3 Å². The van der Waals surface area contributed by atoms with Gasteiger partial charge in [-0.05, 0) is 45.0 Å². The van der Waals surface area contributed by atoms with Gasteiger partial charge < -0.3 is 20.3 Å². The molecular formula is C18H29N3O2. The summed E-state index contributed by atoms with van der Waals surface area (Å²) in [6.07, 6.45) is 4.74. The van der Waals surface area contributed by atoms with Crippen molar-refractivity contribution in [3.05, 3.63) is 24.3 Å². The first-order chi connectivity index (χ1) is 11.0. The van der Waals surface area contributed by atoms with Crippen molar-refractivity contribution in [3.8, 4) is 5.75 Å². The van der Waals surface area contributed by atoms with Crippen LogP contribution in [0, 0.1) is 5.92 Å². The van der Waals surface area contributed by atoms with Crippen LogP contribution in [0.4, 0.5) is 10.5 Å². The fourth-order valence-corrected chi connectivity index (χ4v) is 3.52. The third kappa shape index (κ3) is 4.38. The van der Waals surface area contributed by atoms with Gasteiger partial charge in [-0.1, -0.05) is 31.9 Å². The Morgan fingerprint density at radius 1 is 1.39 bits per heavy atom. The van der Waals surface area contributed by atoms with E-state index >= 15 is 0 Å². The van der Waals surface area contributed by atoms with E-state index in [4.69, 9.17) is 4.74 Å². The summed E-state index contributed by atoms with van der Waals surface area (Å²) in [7, 11) is 5.82. The molecule has 2 N–H and O–H groups in total. The van der Waals surface area contributed by atoms with Crippen LogP contribution < -0.4 is 15.4 Å². The quantitative estimate of drug-likeness (QED) is 0.875. The molecule has 5 heteroatoms. The van der Waals surface area contributed by atoms with Crippen LogP contribution in [0.25, 0.3) is 0 Å². The molecule has 2 atom stereocenters. The molecule has 0 unspecified atom stereocenters. The molecule has 1 fully saturated rings. The molecule has 2 amide bonds. The van der Waals surface area contributed by atoms with Gasteiger partial charge in [0, 0.05) is 12.1 Å². The lowest BCUT2D eigenvalue weighted by molar-refractivity contribution is 0.0779. The predicted octanol–water partition coefficient (Wildman–Crippen LogP) is 3.33. The van der Waals surface area contributed by atoms with Gasteiger partial charge in [-0.3, -0.25) is 0 Å². The van der Waals surface area contributed by atoms with Crippen molar-refractivity contribution >= 4 is 11.7 Å². The largest absolute Gasteiger partial charge is 0.495 e. The second-order valence-electron chi connectivity index (χ2n) is 6.83. The maximum atomic E-state index is 12.3. The molecular weight excluding hydrogens is 290 g/mol. The minimum atomic E-state index is -0.186. The number of carbonyl (C=O) groups is 1. The number of likely N-dealkylation sites (N-methyl/N-ethyl adjacent to an activating group) is 1. The van der Waals surface area contributed by atoms with Gasteiger partial charge in [0.15, 0.2) is 0 Å². The van der Waals surface area contributed by atoms with Crippen LogP contribution in [-0.4, -0.2) is 44.2 Å². The minimum Gasteiger partial charge on any atom is -0.495 e. The Balaban J connectivity index is 1.97. The van der Waals surface area contributed by atoms with Gasteiger partial charge in [0.05, 0.1) is 12.8 Å². The Bertz CT molecular complexity index is 533. The first kappa shape index (κ1) is 17.6. The van der Waals surface area contributed by atoms with Crippen molar-refractivity contribution in [1.29, 1.82) is 0 Å². The van der Waals surface area contributed by atoms with Crippen molar-refractivity contribution in [1.82, 2.24) is 10.2 Å². The summed E-state index contributed by atoms with van der Waals surface area (Å²) in [6, 6.07) is 7.24. The smallest absolute Gasteiger partial charge is 0.319 e. The Kier molecular flexibility index (Phi) is 5.88. The van der Waals surface area contributed by atoms with Crippen molar-refractivity contribution in [3.63, 3.8) is 0 Å². The molecule has 0 aromatic heterocycles. The Morgan fingerprint density at radius 2 is 2.13 bits per heavy atom. The van der Waals surface area contributed by atoms with Crippen LogP contribution in [-0.2, 0) is 0 Å². The molecule has 0 radical (unpaired) electrons. The summed E-state index contributed by atoms with van der Waals surface area (Å²) < 4.78 is 5.26. The van der Waals surface area contributed by atoms with Gasteiger partial charge in [-0.2, -0.15) is 0 Å². The highest BCUT2D eigenvalue weighted by atomic mass is 16.5. The summed E-state index contributed by atoms with van der Waals surface area (Å²) in [5.74, 6) is 1.36. The number of ether oxygens (including phenoxy) is 1. The van der Waals surface area contributed by atoms with E-state index < -0.39 is 0 Å². The van der Waals surface area contributed by atoms with E-state index in [-0.39, 0.29) is 11.6 Å². The van der Waals surface area contributed by atoms with Gasteiger partial charge in [-0.25, -0.2) is 4.79 Å². The highest BCUT2D eigenvalue weighted by molar-refractivity contribution is 5.90. The molecule has 1 aliphatic carbocycles. The number of nitrogens with one attached hydrogen (secondary N) is 2. The van der Waals surface area contributed by atoms with Crippen LogP contribution in [0.1, 0.15) is 32.6 Å². The first-order valence-electron chi connectivity index (χ1n) is 8.32. The standard InChI is InChI=1S/C18H29N3O2/c1-14-8-7-11-18(12-14,21(2)3)13-19-17(22)20-15-9-5-6-10-16(15)23-4/h5-6,9-10,14H,7-8,11-13H2,1-4H3,(H2,19,20,22)/t14-,18-/m0/s1. The highest BCUT2D eigenvalue weighted by Crippen LogP contribution is 2.35. The summed E-state index contributed by atoms with van der Waals surface area (Å²) in [5.41, 5.74) is 0.735. The Hall–Kier alpha value is -1.75. The Labute approximate surface area is 139 Å². The molecule has 128 valence electrons. The van der Waals surface area contributed by atoms with Gasteiger partial charge in [0.25, 0.3) is 0 Å². The van der Waals surface area contributed by atoms with Crippen molar-refractivity contribution in [2.45, 2.75) is 38.1 Å². The zero-order valence-electron chi connectivity index (χ0n) is 14.7. The van der Waals surface area contributed by atoms with Gasteiger partial charge in [0.2, 0.25) is 0 Å². The van der Waals surface area contributed by atoms with E-state index in [1.165, 1.54) is 12.8 Å². The lowest BCUT2D eigenvalue weighted by Crippen LogP contribution is -2.55. The average molecular weight is 319 g/mol. The maximum Gasteiger partial charge on any atom is 0.319 e. The molecule has 0 heterocycles. The SMILES string of the molecule is COc1ccccc1NC(=O)NC[C@]1(N(C)C)CCC[C@H](C)C1. The van der Waals surface area contributed by atoms with Crippen LogP contribution in [0.3, 0.4) is 0 Å².